The van der Waals surface area contributed by atoms with Gasteiger partial charge in [-0.15, -0.1) is 11.3 Å². The number of hydrogen-bond donors (Lipinski definition) is 0. The van der Waals surface area contributed by atoms with Gasteiger partial charge >= 0.3 is 0 Å². The van der Waals surface area contributed by atoms with E-state index in [1.54, 1.807) is 5.56 Å². The Morgan fingerprint density at radius 1 is 0.660 bits per heavy atom. The van der Waals surface area contributed by atoms with Crippen LogP contribution in [-0.4, -0.2) is 14.5 Å². The van der Waals surface area contributed by atoms with Crippen LogP contribution in [0.1, 0.15) is 56.6 Å². The van der Waals surface area contributed by atoms with Crippen molar-refractivity contribution in [2.24, 2.45) is 5.92 Å². The lowest BCUT2D eigenvalue weighted by Crippen LogP contribution is -2.28. The molecule has 1 fully saturated rings. The van der Waals surface area contributed by atoms with E-state index in [1.165, 1.54) is 67.8 Å². The Morgan fingerprint density at radius 2 is 1.40 bits per heavy atom. The molecule has 228 valence electrons. The van der Waals surface area contributed by atoms with E-state index in [0.717, 1.165) is 33.9 Å². The first-order valence-corrected chi connectivity index (χ1v) is 17.8. The monoisotopic (exact) mass is 625 g/mol. The Balaban J connectivity index is 1.24. The third-order valence-corrected chi connectivity index (χ3v) is 12.5. The van der Waals surface area contributed by atoms with Gasteiger partial charge in [-0.2, -0.15) is 0 Å². The summed E-state index contributed by atoms with van der Waals surface area (Å²) in [5, 5.41) is 5.13. The fraction of sp³-hybridized carbons (Fsp3) is 0.209. The molecule has 0 radical (unpaired) electrons. The van der Waals surface area contributed by atoms with Gasteiger partial charge < -0.3 is 0 Å². The third kappa shape index (κ3) is 3.98. The van der Waals surface area contributed by atoms with Crippen LogP contribution in [0.15, 0.2) is 115 Å². The van der Waals surface area contributed by atoms with E-state index in [4.69, 9.17) is 9.97 Å². The fourth-order valence-corrected chi connectivity index (χ4v) is 10.3. The summed E-state index contributed by atoms with van der Waals surface area (Å²) in [5.74, 6) is 2.12. The van der Waals surface area contributed by atoms with Gasteiger partial charge in [0.2, 0.25) is 5.95 Å². The number of aromatic nitrogens is 3. The van der Waals surface area contributed by atoms with E-state index < -0.39 is 0 Å². The molecule has 0 N–H and O–H groups in total. The van der Waals surface area contributed by atoms with Crippen molar-refractivity contribution in [1.29, 1.82) is 0 Å². The molecule has 4 heteroatoms. The summed E-state index contributed by atoms with van der Waals surface area (Å²) in [6.07, 6.45) is 5.35. The first-order chi connectivity index (χ1) is 23.1. The fourth-order valence-electron chi connectivity index (χ4n) is 9.05. The SMILES string of the molecule is CC1(C)c2cc(-c3cc(-c4ccccc4)nc(-n4c5ccccc5c5c6sc7ccccc7c6ccc54)n3)ccc2C2CCCCC21. The molecule has 0 aliphatic heterocycles. The lowest BCUT2D eigenvalue weighted by atomic mass is 9.70. The molecule has 2 atom stereocenters. The zero-order chi connectivity index (χ0) is 31.3. The number of thiophene rings is 1. The molecule has 2 aliphatic rings. The van der Waals surface area contributed by atoms with Crippen LogP contribution in [0.2, 0.25) is 0 Å². The van der Waals surface area contributed by atoms with E-state index in [9.17, 15) is 0 Å². The Hall–Kier alpha value is -4.80. The van der Waals surface area contributed by atoms with E-state index >= 15 is 0 Å². The first kappa shape index (κ1) is 27.3. The van der Waals surface area contributed by atoms with Crippen LogP contribution in [0.5, 0.6) is 0 Å². The van der Waals surface area contributed by atoms with E-state index in [0.29, 0.717) is 11.9 Å². The second-order valence-electron chi connectivity index (χ2n) is 14.1. The summed E-state index contributed by atoms with van der Waals surface area (Å²) in [6.45, 7) is 4.94. The van der Waals surface area contributed by atoms with Crippen molar-refractivity contribution in [2.45, 2.75) is 50.9 Å². The molecule has 3 aromatic heterocycles. The Bertz CT molecular complexity index is 2520. The van der Waals surface area contributed by atoms with Gasteiger partial charge in [0.1, 0.15) is 0 Å². The number of fused-ring (bicyclic) bond motifs is 10. The predicted molar refractivity (Wildman–Crippen MR) is 198 cm³/mol. The smallest absolute Gasteiger partial charge is 0.235 e. The molecule has 8 aromatic rings. The second kappa shape index (κ2) is 10.1. The zero-order valence-electron chi connectivity index (χ0n) is 26.7. The number of nitrogens with zero attached hydrogens (tertiary/aromatic N) is 3. The summed E-state index contributed by atoms with van der Waals surface area (Å²) in [6, 6.07) is 42.0. The topological polar surface area (TPSA) is 30.7 Å². The summed E-state index contributed by atoms with van der Waals surface area (Å²) in [5.41, 5.74) is 9.68. The number of benzene rings is 5. The van der Waals surface area contributed by atoms with Crippen molar-refractivity contribution in [3.63, 3.8) is 0 Å². The first-order valence-electron chi connectivity index (χ1n) is 17.0. The van der Waals surface area contributed by atoms with Crippen molar-refractivity contribution in [3.8, 4) is 28.5 Å². The molecule has 5 aromatic carbocycles. The highest BCUT2D eigenvalue weighted by Crippen LogP contribution is 2.56. The molecule has 47 heavy (non-hydrogen) atoms. The molecule has 10 rings (SSSR count). The molecule has 3 heterocycles. The molecule has 0 bridgehead atoms. The van der Waals surface area contributed by atoms with Crippen molar-refractivity contribution >= 4 is 53.3 Å². The van der Waals surface area contributed by atoms with Gasteiger partial charge in [-0.1, -0.05) is 112 Å². The minimum absolute atomic E-state index is 0.164. The largest absolute Gasteiger partial charge is 0.278 e. The predicted octanol–water partition coefficient (Wildman–Crippen LogP) is 11.8. The zero-order valence-corrected chi connectivity index (χ0v) is 27.5. The van der Waals surface area contributed by atoms with Crippen molar-refractivity contribution < 1.29 is 0 Å². The molecule has 2 unspecified atom stereocenters. The lowest BCUT2D eigenvalue weighted by Gasteiger charge is -2.34. The maximum absolute atomic E-state index is 5.41. The quantitative estimate of drug-likeness (QED) is 0.196. The average Bonchev–Trinajstić information content (AvgIpc) is 3.74. The van der Waals surface area contributed by atoms with Crippen LogP contribution in [0, 0.1) is 5.92 Å². The average molecular weight is 626 g/mol. The molecular weight excluding hydrogens is 591 g/mol. The summed E-state index contributed by atoms with van der Waals surface area (Å²) in [4.78, 5) is 10.7. The van der Waals surface area contributed by atoms with Crippen LogP contribution in [0.25, 0.3) is 70.4 Å². The Kier molecular flexibility index (Phi) is 5.87. The highest BCUT2D eigenvalue weighted by molar-refractivity contribution is 7.26. The lowest BCUT2D eigenvalue weighted by molar-refractivity contribution is 0.233. The van der Waals surface area contributed by atoms with Gasteiger partial charge in [0.25, 0.3) is 0 Å². The number of rotatable bonds is 3. The van der Waals surface area contributed by atoms with Gasteiger partial charge in [-0.05, 0) is 71.6 Å². The standard InChI is InChI=1S/C43H35N3S/c1-43(2)33-17-9-6-14-28(33)29-21-20-27(24-34(29)43)36-25-35(26-12-4-3-5-13-26)44-42(45-36)46-37-18-10-7-16-32(37)40-38(46)23-22-31-30-15-8-11-19-39(30)47-41(31)40/h3-5,7-8,10-13,15-16,18-25,28,33H,6,9,14,17H2,1-2H3. The minimum Gasteiger partial charge on any atom is -0.278 e. The molecule has 0 saturated heterocycles. The number of para-hydroxylation sites is 1. The van der Waals surface area contributed by atoms with Gasteiger partial charge in [-0.25, -0.2) is 9.97 Å². The summed E-state index contributed by atoms with van der Waals surface area (Å²) in [7, 11) is 0. The van der Waals surface area contributed by atoms with Crippen molar-refractivity contribution in [2.75, 3.05) is 0 Å². The molecule has 0 spiro atoms. The minimum atomic E-state index is 0.164. The van der Waals surface area contributed by atoms with E-state index in [2.05, 4.69) is 134 Å². The molecule has 0 amide bonds. The maximum atomic E-state index is 5.41. The van der Waals surface area contributed by atoms with Crippen molar-refractivity contribution in [1.82, 2.24) is 14.5 Å². The highest BCUT2D eigenvalue weighted by atomic mass is 32.1. The maximum Gasteiger partial charge on any atom is 0.235 e. The molecular formula is C43H35N3S. The highest BCUT2D eigenvalue weighted by Gasteiger charge is 2.46. The molecule has 1 saturated carbocycles. The second-order valence-corrected chi connectivity index (χ2v) is 15.2. The molecule has 2 aliphatic carbocycles. The number of hydrogen-bond acceptors (Lipinski definition) is 3. The van der Waals surface area contributed by atoms with Crippen LogP contribution in [0.4, 0.5) is 0 Å². The van der Waals surface area contributed by atoms with E-state index in [1.807, 2.05) is 11.3 Å². The van der Waals surface area contributed by atoms with Crippen LogP contribution in [0.3, 0.4) is 0 Å². The van der Waals surface area contributed by atoms with E-state index in [-0.39, 0.29) is 5.41 Å². The van der Waals surface area contributed by atoms with Crippen LogP contribution < -0.4 is 0 Å². The summed E-state index contributed by atoms with van der Waals surface area (Å²) < 4.78 is 4.92. The Morgan fingerprint density at radius 3 is 2.28 bits per heavy atom. The summed E-state index contributed by atoms with van der Waals surface area (Å²) >= 11 is 1.88. The van der Waals surface area contributed by atoms with Gasteiger partial charge in [-0.3, -0.25) is 4.57 Å². The third-order valence-electron chi connectivity index (χ3n) is 11.3. The van der Waals surface area contributed by atoms with Crippen LogP contribution in [-0.2, 0) is 5.41 Å². The normalized spacial score (nSPS) is 18.7. The van der Waals surface area contributed by atoms with Gasteiger partial charge in [0, 0.05) is 42.1 Å². The van der Waals surface area contributed by atoms with Crippen LogP contribution >= 0.6 is 11.3 Å². The van der Waals surface area contributed by atoms with Gasteiger partial charge in [0.05, 0.1) is 22.4 Å². The molecule has 3 nitrogen and oxygen atoms in total. The Labute approximate surface area is 278 Å². The van der Waals surface area contributed by atoms with Gasteiger partial charge in [0.15, 0.2) is 0 Å². The van der Waals surface area contributed by atoms with Crippen molar-refractivity contribution in [3.05, 3.63) is 126 Å².